The zero-order chi connectivity index (χ0) is 16.3. The maximum Gasteiger partial charge on any atom is 0.505 e. The average Bonchev–Trinajstić information content (AvgIpc) is 2.37. The topological polar surface area (TPSA) is 74.7 Å². The quantitative estimate of drug-likeness (QED) is 0.275. The van der Waals surface area contributed by atoms with E-state index in [-0.39, 0.29) is 29.6 Å². The Labute approximate surface area is 126 Å². The van der Waals surface area contributed by atoms with E-state index in [0.717, 1.165) is 24.8 Å². The molecule has 0 aromatic heterocycles. The number of rotatable bonds is 4. The first-order valence-corrected chi connectivity index (χ1v) is 7.32. The van der Waals surface area contributed by atoms with Gasteiger partial charge in [0, 0.05) is 6.42 Å². The van der Waals surface area contributed by atoms with Crippen molar-refractivity contribution in [2.75, 3.05) is 6.61 Å². The highest BCUT2D eigenvalue weighted by atomic mass is 16.5. The van der Waals surface area contributed by atoms with Crippen LogP contribution in [0.4, 0.5) is 0 Å². The van der Waals surface area contributed by atoms with Gasteiger partial charge in [0.05, 0.1) is 6.61 Å². The summed E-state index contributed by atoms with van der Waals surface area (Å²) in [4.78, 5) is 14.5. The fourth-order valence-electron chi connectivity index (χ4n) is 3.10. The van der Waals surface area contributed by atoms with Gasteiger partial charge in [0.15, 0.2) is 10.7 Å². The Hall–Kier alpha value is -1.83. The van der Waals surface area contributed by atoms with Gasteiger partial charge in [-0.3, -0.25) is 0 Å². The highest BCUT2D eigenvalue weighted by Gasteiger charge is 2.43. The molecule has 0 aromatic carbocycles. The monoisotopic (exact) mass is 293 g/mol. The summed E-state index contributed by atoms with van der Waals surface area (Å²) in [5.41, 5.74) is 0.297. The maximum atomic E-state index is 11.7. The van der Waals surface area contributed by atoms with Crippen LogP contribution in [-0.2, 0) is 9.53 Å². The molecule has 0 heterocycles. The molecule has 0 spiro atoms. The van der Waals surface area contributed by atoms with Gasteiger partial charge in [-0.05, 0) is 30.6 Å². The molecule has 0 radical (unpaired) electrons. The second-order valence-corrected chi connectivity index (χ2v) is 6.57. The van der Waals surface area contributed by atoms with Gasteiger partial charge >= 0.3 is 11.7 Å². The van der Waals surface area contributed by atoms with E-state index in [0.29, 0.717) is 0 Å². The number of carbonyl (C=O) groups excluding carboxylic acids is 1. The van der Waals surface area contributed by atoms with Crippen LogP contribution in [-0.4, -0.2) is 17.7 Å². The van der Waals surface area contributed by atoms with Crippen molar-refractivity contribution in [2.24, 2.45) is 10.8 Å². The standard InChI is InChI=1S/C16H24N2O3/c1-6-21-14(20)13(18-17)12(19)10-16(5)9-7-8-15(3,4)11(16)2/h2,6-10H2,1,3-5H3/p+1/t16-/m1/s1. The molecular formula is C16H25N2O3+. The van der Waals surface area contributed by atoms with E-state index in [1.54, 1.807) is 6.92 Å². The van der Waals surface area contributed by atoms with E-state index >= 15 is 0 Å². The fourth-order valence-corrected chi connectivity index (χ4v) is 3.10. The number of esters is 1. The zero-order valence-corrected chi connectivity index (χ0v) is 13.4. The van der Waals surface area contributed by atoms with Gasteiger partial charge in [-0.15, -0.1) is 0 Å². The van der Waals surface area contributed by atoms with Gasteiger partial charge in [0.25, 0.3) is 0 Å². The van der Waals surface area contributed by atoms with E-state index in [2.05, 4.69) is 25.4 Å². The average molecular weight is 293 g/mol. The highest BCUT2D eigenvalue weighted by molar-refractivity contribution is 5.90. The molecule has 116 valence electrons. The van der Waals surface area contributed by atoms with Crippen molar-refractivity contribution in [2.45, 2.75) is 53.4 Å². The Balaban J connectivity index is 3.04. The van der Waals surface area contributed by atoms with Gasteiger partial charge in [-0.2, -0.15) is 0 Å². The first-order chi connectivity index (χ1) is 9.68. The molecule has 1 aliphatic carbocycles. The van der Waals surface area contributed by atoms with Crippen molar-refractivity contribution in [3.63, 3.8) is 0 Å². The van der Waals surface area contributed by atoms with Crippen LogP contribution in [0.25, 0.3) is 4.98 Å². The van der Waals surface area contributed by atoms with Crippen LogP contribution in [0.5, 0.6) is 0 Å². The summed E-state index contributed by atoms with van der Waals surface area (Å²) in [6.45, 7) is 12.3. The Kier molecular flexibility index (Phi) is 5.16. The van der Waals surface area contributed by atoms with Crippen molar-refractivity contribution in [1.29, 1.82) is 5.39 Å². The first kappa shape index (κ1) is 17.2. The minimum absolute atomic E-state index is 0.00622. The number of hydrogen-bond donors (Lipinski definition) is 1. The highest BCUT2D eigenvalue weighted by Crippen LogP contribution is 2.52. The number of hydrogen-bond acceptors (Lipinski definition) is 4. The molecule has 1 rings (SSSR count). The Morgan fingerprint density at radius 1 is 1.43 bits per heavy atom. The molecule has 0 bridgehead atoms. The zero-order valence-electron chi connectivity index (χ0n) is 13.4. The lowest BCUT2D eigenvalue weighted by Crippen LogP contribution is -2.34. The molecular weight excluding hydrogens is 268 g/mol. The van der Waals surface area contributed by atoms with Gasteiger partial charge in [0.1, 0.15) is 0 Å². The molecule has 1 saturated carbocycles. The predicted molar refractivity (Wildman–Crippen MR) is 80.9 cm³/mol. The fraction of sp³-hybridized carbons (Fsp3) is 0.688. The van der Waals surface area contributed by atoms with Crippen molar-refractivity contribution < 1.29 is 14.6 Å². The summed E-state index contributed by atoms with van der Waals surface area (Å²) >= 11 is 0. The molecule has 0 amide bonds. The second kappa shape index (κ2) is 6.30. The molecule has 21 heavy (non-hydrogen) atoms. The molecule has 1 fully saturated rings. The molecule has 5 nitrogen and oxygen atoms in total. The van der Waals surface area contributed by atoms with Crippen molar-refractivity contribution in [3.8, 4) is 0 Å². The van der Waals surface area contributed by atoms with E-state index in [9.17, 15) is 9.90 Å². The summed E-state index contributed by atoms with van der Waals surface area (Å²) in [5, 5.41) is 19.2. The number of aliphatic hydroxyl groups is 1. The van der Waals surface area contributed by atoms with E-state index < -0.39 is 11.7 Å². The summed E-state index contributed by atoms with van der Waals surface area (Å²) in [7, 11) is 0. The van der Waals surface area contributed by atoms with Crippen LogP contribution in [0, 0.1) is 16.2 Å². The molecule has 0 aromatic rings. The number of nitrogens with zero attached hydrogens (tertiary/aromatic N) is 2. The number of allylic oxidation sites excluding steroid dienone is 2. The molecule has 1 aliphatic rings. The maximum absolute atomic E-state index is 11.7. The molecule has 1 atom stereocenters. The van der Waals surface area contributed by atoms with Crippen LogP contribution >= 0.6 is 0 Å². The summed E-state index contributed by atoms with van der Waals surface area (Å²) in [6, 6.07) is 0. The number of carbonyl (C=O) groups is 1. The lowest BCUT2D eigenvalue weighted by atomic mass is 9.59. The van der Waals surface area contributed by atoms with Crippen LogP contribution in [0.1, 0.15) is 53.4 Å². The third kappa shape index (κ3) is 3.63. The summed E-state index contributed by atoms with van der Waals surface area (Å²) < 4.78 is 4.77. The van der Waals surface area contributed by atoms with E-state index in [4.69, 9.17) is 10.1 Å². The minimum Gasteiger partial charge on any atom is -0.505 e. The number of aliphatic hydroxyl groups excluding tert-OH is 1. The van der Waals surface area contributed by atoms with Gasteiger partial charge < -0.3 is 9.84 Å². The smallest absolute Gasteiger partial charge is 0.505 e. The van der Waals surface area contributed by atoms with Crippen molar-refractivity contribution in [3.05, 3.63) is 28.6 Å². The number of diazo groups is 1. The van der Waals surface area contributed by atoms with E-state index in [1.807, 2.05) is 6.92 Å². The van der Waals surface area contributed by atoms with E-state index in [1.165, 1.54) is 0 Å². The first-order valence-electron chi connectivity index (χ1n) is 7.32. The van der Waals surface area contributed by atoms with Gasteiger partial charge in [-0.25, -0.2) is 4.79 Å². The normalized spacial score (nSPS) is 25.8. The largest absolute Gasteiger partial charge is 0.505 e. The molecule has 0 aliphatic heterocycles. The summed E-state index contributed by atoms with van der Waals surface area (Å²) in [5.74, 6) is -1.07. The van der Waals surface area contributed by atoms with Crippen molar-refractivity contribution in [1.82, 2.24) is 0 Å². The van der Waals surface area contributed by atoms with Crippen LogP contribution in [0.15, 0.2) is 23.6 Å². The van der Waals surface area contributed by atoms with Crippen LogP contribution < -0.4 is 0 Å². The van der Waals surface area contributed by atoms with Gasteiger partial charge in [0.2, 0.25) is 5.39 Å². The minimum atomic E-state index is -0.818. The lowest BCUT2D eigenvalue weighted by Gasteiger charge is -2.45. The Bertz CT molecular complexity index is 514. The molecule has 5 heteroatoms. The van der Waals surface area contributed by atoms with Crippen LogP contribution in [0.2, 0.25) is 0 Å². The lowest BCUT2D eigenvalue weighted by molar-refractivity contribution is -0.138. The summed E-state index contributed by atoms with van der Waals surface area (Å²) in [6.07, 6.45) is 3.18. The Morgan fingerprint density at radius 3 is 2.57 bits per heavy atom. The molecule has 0 saturated heterocycles. The van der Waals surface area contributed by atoms with Crippen molar-refractivity contribution >= 4 is 5.97 Å². The third-order valence-corrected chi connectivity index (χ3v) is 4.48. The van der Waals surface area contributed by atoms with Crippen LogP contribution in [0.3, 0.4) is 0 Å². The molecule has 1 N–H and O–H groups in total. The predicted octanol–water partition coefficient (Wildman–Crippen LogP) is 4.33. The van der Waals surface area contributed by atoms with Gasteiger partial charge in [-0.1, -0.05) is 39.3 Å². The Morgan fingerprint density at radius 2 is 2.05 bits per heavy atom. The molecule has 0 unspecified atom stereocenters. The SMILES string of the molecule is C=C1C(C)(C)CCC[C@]1(C)C/C(O)=C(\[N+]#N)C(=O)OCC. The number of ether oxygens (including phenoxy) is 1. The third-order valence-electron chi connectivity index (χ3n) is 4.48. The second-order valence-electron chi connectivity index (χ2n) is 6.57.